The number of rotatable bonds is 7. The van der Waals surface area contributed by atoms with Crippen LogP contribution in [-0.4, -0.2) is 15.7 Å². The van der Waals surface area contributed by atoms with E-state index in [1.54, 1.807) is 30.3 Å². The summed E-state index contributed by atoms with van der Waals surface area (Å²) in [5.41, 5.74) is 15.7. The van der Waals surface area contributed by atoms with Crippen LogP contribution in [0.2, 0.25) is 0 Å². The van der Waals surface area contributed by atoms with E-state index in [4.69, 9.17) is 20.7 Å². The van der Waals surface area contributed by atoms with Crippen LogP contribution in [0.25, 0.3) is 50.2 Å². The highest BCUT2D eigenvalue weighted by Crippen LogP contribution is 2.35. The van der Waals surface area contributed by atoms with Gasteiger partial charge < -0.3 is 5.73 Å². The van der Waals surface area contributed by atoms with Crippen LogP contribution in [0.15, 0.2) is 145 Å². The first kappa shape index (κ1) is 29.3. The van der Waals surface area contributed by atoms with Crippen molar-refractivity contribution in [2.75, 3.05) is 5.73 Å². The van der Waals surface area contributed by atoms with Crippen molar-refractivity contribution in [2.45, 2.75) is 0 Å². The Bertz CT molecular complexity index is 2300. The zero-order valence-corrected chi connectivity index (χ0v) is 25.1. The summed E-state index contributed by atoms with van der Waals surface area (Å²) in [5, 5.41) is 0. The second-order valence-electron chi connectivity index (χ2n) is 10.9. The summed E-state index contributed by atoms with van der Waals surface area (Å²) < 4.78 is 28.5. The molecule has 0 saturated carbocycles. The SMILES string of the molecule is C=C(/C(=N\c1cc(-c2ccc3nc(-c4ccccc4)c(-c4cc#ccc4)nc3c2)ccc1N)c1cccc(F)c1)c1cccc(F)c1. The minimum Gasteiger partial charge on any atom is -0.397 e. The predicted octanol–water partition coefficient (Wildman–Crippen LogP) is 9.93. The van der Waals surface area contributed by atoms with Gasteiger partial charge in [-0.1, -0.05) is 85.4 Å². The summed E-state index contributed by atoms with van der Waals surface area (Å²) in [4.78, 5) is 15.0. The number of nitrogens with two attached hydrogens (primary N) is 1. The fourth-order valence-electron chi connectivity index (χ4n) is 5.42. The number of hydrogen-bond donors (Lipinski definition) is 1. The molecule has 0 radical (unpaired) electrons. The number of fused-ring (bicyclic) bond motifs is 1. The van der Waals surface area contributed by atoms with Gasteiger partial charge in [-0.2, -0.15) is 0 Å². The molecule has 0 aliphatic carbocycles. The molecule has 0 spiro atoms. The minimum absolute atomic E-state index is 0.373. The van der Waals surface area contributed by atoms with Gasteiger partial charge in [0.15, 0.2) is 0 Å². The molecule has 7 rings (SSSR count). The van der Waals surface area contributed by atoms with Crippen LogP contribution in [0.5, 0.6) is 0 Å². The maximum absolute atomic E-state index is 14.4. The Hall–Kier alpha value is -6.45. The summed E-state index contributed by atoms with van der Waals surface area (Å²) >= 11 is 0. The highest BCUT2D eigenvalue weighted by Gasteiger charge is 2.16. The third-order valence-electron chi connectivity index (χ3n) is 7.80. The van der Waals surface area contributed by atoms with Crippen LogP contribution in [0.3, 0.4) is 0 Å². The van der Waals surface area contributed by atoms with Crippen LogP contribution in [0, 0.1) is 23.8 Å². The molecule has 0 saturated heterocycles. The quantitative estimate of drug-likeness (QED) is 0.144. The molecule has 0 bridgehead atoms. The molecule has 0 fully saturated rings. The fraction of sp³-hybridized carbons (Fsp3) is 0. The number of benzene rings is 5. The Morgan fingerprint density at radius 1 is 0.617 bits per heavy atom. The number of aromatic nitrogens is 2. The topological polar surface area (TPSA) is 64.2 Å². The zero-order chi connectivity index (χ0) is 32.3. The van der Waals surface area contributed by atoms with Gasteiger partial charge in [0.05, 0.1) is 39.5 Å². The maximum atomic E-state index is 14.4. The summed E-state index contributed by atoms with van der Waals surface area (Å²) in [5.74, 6) is -0.839. The highest BCUT2D eigenvalue weighted by atomic mass is 19.1. The van der Waals surface area contributed by atoms with Crippen molar-refractivity contribution < 1.29 is 8.78 Å². The Morgan fingerprint density at radius 2 is 1.30 bits per heavy atom. The summed E-state index contributed by atoms with van der Waals surface area (Å²) in [6.45, 7) is 4.20. The van der Waals surface area contributed by atoms with Gasteiger partial charge in [0, 0.05) is 22.3 Å². The number of allylic oxidation sites excluding steroid dienone is 1. The van der Waals surface area contributed by atoms with Gasteiger partial charge in [-0.3, -0.25) is 0 Å². The average molecular weight is 613 g/mol. The average Bonchev–Trinajstić information content (AvgIpc) is 3.11. The van der Waals surface area contributed by atoms with Crippen LogP contribution in [0.4, 0.5) is 20.2 Å². The normalized spacial score (nSPS) is 11.3. The first-order chi connectivity index (χ1) is 22.9. The van der Waals surface area contributed by atoms with Gasteiger partial charge in [-0.05, 0) is 83.4 Å². The molecule has 6 aromatic carbocycles. The van der Waals surface area contributed by atoms with Crippen molar-refractivity contribution in [1.82, 2.24) is 9.97 Å². The molecule has 7 aromatic rings. The Kier molecular flexibility index (Phi) is 7.79. The first-order valence-electron chi connectivity index (χ1n) is 14.9. The van der Waals surface area contributed by atoms with Gasteiger partial charge in [-0.25, -0.2) is 23.7 Å². The van der Waals surface area contributed by atoms with Crippen molar-refractivity contribution in [1.29, 1.82) is 0 Å². The van der Waals surface area contributed by atoms with Crippen LogP contribution in [-0.2, 0) is 0 Å². The largest absolute Gasteiger partial charge is 0.397 e. The number of aliphatic imine (C=N–C) groups is 1. The van der Waals surface area contributed by atoms with Gasteiger partial charge in [0.1, 0.15) is 11.6 Å². The van der Waals surface area contributed by atoms with Gasteiger partial charge >= 0.3 is 0 Å². The molecule has 4 nitrogen and oxygen atoms in total. The van der Waals surface area contributed by atoms with E-state index in [9.17, 15) is 8.78 Å². The molecule has 0 amide bonds. The second kappa shape index (κ2) is 12.5. The molecule has 2 N–H and O–H groups in total. The predicted molar refractivity (Wildman–Crippen MR) is 186 cm³/mol. The monoisotopic (exact) mass is 612 g/mol. The third-order valence-corrected chi connectivity index (χ3v) is 7.80. The van der Waals surface area contributed by atoms with Crippen LogP contribution < -0.4 is 5.73 Å². The van der Waals surface area contributed by atoms with Gasteiger partial charge in [0.25, 0.3) is 0 Å². The molecule has 6 heteroatoms. The smallest absolute Gasteiger partial charge is 0.123 e. The summed E-state index contributed by atoms with van der Waals surface area (Å²) in [7, 11) is 0. The van der Waals surface area contributed by atoms with Crippen molar-refractivity contribution in [3.05, 3.63) is 175 Å². The Balaban J connectivity index is 1.34. The standard InChI is InChI=1S/C41H26F2N4/c1-26(29-14-8-16-33(42)22-29)39(32-15-9-17-34(43)23-32)46-37-24-30(18-20-35(37)44)31-19-21-36-38(25-31)47-41(28-12-6-3-7-13-28)40(45-36)27-10-4-2-5-11-27/h2,4-6,8-25H,1,44H2/b46-39+. The van der Waals surface area contributed by atoms with Crippen molar-refractivity contribution in [3.8, 4) is 33.6 Å². The molecule has 0 atom stereocenters. The lowest BCUT2D eigenvalue weighted by Gasteiger charge is -2.14. The second-order valence-corrected chi connectivity index (χ2v) is 10.9. The number of anilines is 1. The van der Waals surface area contributed by atoms with E-state index in [-0.39, 0.29) is 0 Å². The molecular weight excluding hydrogens is 586 g/mol. The van der Waals surface area contributed by atoms with Crippen LogP contribution in [0.1, 0.15) is 11.1 Å². The highest BCUT2D eigenvalue weighted by molar-refractivity contribution is 6.32. The molecule has 1 heterocycles. The first-order valence-corrected chi connectivity index (χ1v) is 14.9. The Morgan fingerprint density at radius 3 is 2.04 bits per heavy atom. The van der Waals surface area contributed by atoms with Crippen molar-refractivity contribution >= 4 is 33.7 Å². The van der Waals surface area contributed by atoms with E-state index in [0.717, 1.165) is 39.2 Å². The molecule has 0 aliphatic rings. The summed E-state index contributed by atoms with van der Waals surface area (Å²) in [6.07, 6.45) is 0. The van der Waals surface area contributed by atoms with E-state index < -0.39 is 11.6 Å². The lowest BCUT2D eigenvalue weighted by atomic mass is 9.96. The number of nitrogen functional groups attached to an aromatic ring is 1. The van der Waals surface area contributed by atoms with Gasteiger partial charge in [-0.15, -0.1) is 0 Å². The van der Waals surface area contributed by atoms with Crippen LogP contribution >= 0.6 is 0 Å². The molecule has 1 aromatic heterocycles. The van der Waals surface area contributed by atoms with E-state index in [2.05, 4.69) is 18.7 Å². The Labute approximate surface area is 271 Å². The molecule has 47 heavy (non-hydrogen) atoms. The zero-order valence-electron chi connectivity index (χ0n) is 25.1. The van der Waals surface area contributed by atoms with E-state index in [1.807, 2.05) is 78.9 Å². The minimum atomic E-state index is -0.428. The molecule has 224 valence electrons. The number of nitrogens with zero attached hydrogens (tertiary/aromatic N) is 3. The number of halogens is 2. The lowest BCUT2D eigenvalue weighted by molar-refractivity contribution is 0.627. The third kappa shape index (κ3) is 6.11. The molecular formula is C41H26F2N4. The van der Waals surface area contributed by atoms with E-state index in [0.29, 0.717) is 39.3 Å². The van der Waals surface area contributed by atoms with Gasteiger partial charge in [0.2, 0.25) is 0 Å². The number of hydrogen-bond acceptors (Lipinski definition) is 4. The van der Waals surface area contributed by atoms with E-state index in [1.165, 1.54) is 24.3 Å². The van der Waals surface area contributed by atoms with Crippen molar-refractivity contribution in [2.24, 2.45) is 4.99 Å². The molecule has 0 unspecified atom stereocenters. The maximum Gasteiger partial charge on any atom is 0.123 e. The van der Waals surface area contributed by atoms with Crippen molar-refractivity contribution in [3.63, 3.8) is 0 Å². The lowest BCUT2D eigenvalue weighted by Crippen LogP contribution is -2.05. The molecule has 0 aliphatic heterocycles. The fourth-order valence-corrected chi connectivity index (χ4v) is 5.42. The van der Waals surface area contributed by atoms with E-state index >= 15 is 0 Å². The summed E-state index contributed by atoms with van der Waals surface area (Å²) in [6, 6.07) is 45.1.